The first kappa shape index (κ1) is 44.4. The molecule has 3 aliphatic carbocycles. The molecule has 2 fully saturated rings. The van der Waals surface area contributed by atoms with Gasteiger partial charge in [-0.25, -0.2) is 0 Å². The Morgan fingerprint density at radius 2 is 0.910 bits per heavy atom. The molecule has 4 heteroatoms. The van der Waals surface area contributed by atoms with Crippen LogP contribution < -0.4 is 0 Å². The zero-order chi connectivity index (χ0) is 46.3. The van der Waals surface area contributed by atoms with E-state index < -0.39 is 0 Å². The Hall–Kier alpha value is -5.10. The standard InChI is InChI=1S/C63H68O4/c1-9-61(37-66-38-61)35-64-27-12-26-63(11-3)57-33-45(43-15-21-49-47-19-13-41(4)29-53(47)59(5,6)55(49)31-43)17-23-51(57)52-24-18-46(34-58(52)63)44-16-22-50-48-20-14-42(30-54(48)60(7,8)56(50)32-44)25-28-65-36-62(10-2)39-67-40-62/h11,13-24,29-34H,3,9-10,12,25-28,35-40H2,1-2,4-8H3. The smallest absolute Gasteiger partial charge is 0.0566 e. The number of fused-ring (bicyclic) bond motifs is 9. The molecule has 0 spiro atoms. The average Bonchev–Trinajstić information content (AvgIpc) is 3.81. The van der Waals surface area contributed by atoms with Crippen LogP contribution in [-0.2, 0) is 41.6 Å². The molecule has 11 rings (SSSR count). The van der Waals surface area contributed by atoms with E-state index in [0.717, 1.165) is 78.4 Å². The van der Waals surface area contributed by atoms with Crippen LogP contribution in [0.15, 0.2) is 122 Å². The molecule has 67 heavy (non-hydrogen) atoms. The van der Waals surface area contributed by atoms with E-state index in [9.17, 15) is 0 Å². The van der Waals surface area contributed by atoms with Gasteiger partial charge >= 0.3 is 0 Å². The summed E-state index contributed by atoms with van der Waals surface area (Å²) in [7, 11) is 0. The molecule has 0 aromatic heterocycles. The molecule has 1 unspecified atom stereocenters. The van der Waals surface area contributed by atoms with Gasteiger partial charge in [-0.2, -0.15) is 0 Å². The van der Waals surface area contributed by atoms with Crippen molar-refractivity contribution in [1.29, 1.82) is 0 Å². The molecule has 6 aromatic rings. The number of ether oxygens (including phenoxy) is 4. The van der Waals surface area contributed by atoms with E-state index in [1.807, 2.05) is 0 Å². The van der Waals surface area contributed by atoms with Gasteiger partial charge in [0.15, 0.2) is 0 Å². The lowest BCUT2D eigenvalue weighted by atomic mass is 9.73. The van der Waals surface area contributed by atoms with Gasteiger partial charge in [-0.3, -0.25) is 0 Å². The summed E-state index contributed by atoms with van der Waals surface area (Å²) in [6.45, 7) is 27.2. The lowest BCUT2D eigenvalue weighted by Gasteiger charge is -2.40. The second-order valence-corrected chi connectivity index (χ2v) is 22.0. The van der Waals surface area contributed by atoms with E-state index in [2.05, 4.69) is 170 Å². The second-order valence-electron chi connectivity index (χ2n) is 22.0. The molecule has 0 bridgehead atoms. The Balaban J connectivity index is 0.907. The fourth-order valence-electron chi connectivity index (χ4n) is 12.3. The molecular weight excluding hydrogens is 821 g/mol. The Bertz CT molecular complexity index is 2910. The first-order chi connectivity index (χ1) is 32.3. The molecule has 2 aliphatic heterocycles. The predicted octanol–water partition coefficient (Wildman–Crippen LogP) is 14.6. The highest BCUT2D eigenvalue weighted by molar-refractivity contribution is 5.90. The third-order valence-electron chi connectivity index (χ3n) is 17.2. The molecule has 0 N–H and O–H groups in total. The van der Waals surface area contributed by atoms with Crippen LogP contribution in [0.25, 0.3) is 55.6 Å². The zero-order valence-corrected chi connectivity index (χ0v) is 41.0. The fraction of sp³-hybridized carbons (Fsp3) is 0.397. The molecule has 6 aromatic carbocycles. The van der Waals surface area contributed by atoms with Crippen LogP contribution in [0.4, 0.5) is 0 Å². The van der Waals surface area contributed by atoms with Gasteiger partial charge < -0.3 is 18.9 Å². The predicted molar refractivity (Wildman–Crippen MR) is 275 cm³/mol. The monoisotopic (exact) mass is 889 g/mol. The van der Waals surface area contributed by atoms with Crippen molar-refractivity contribution in [2.24, 2.45) is 10.8 Å². The van der Waals surface area contributed by atoms with Crippen molar-refractivity contribution >= 4 is 0 Å². The van der Waals surface area contributed by atoms with Crippen molar-refractivity contribution in [3.63, 3.8) is 0 Å². The van der Waals surface area contributed by atoms with Crippen LogP contribution in [0.2, 0.25) is 0 Å². The molecule has 344 valence electrons. The highest BCUT2D eigenvalue weighted by Gasteiger charge is 2.43. The van der Waals surface area contributed by atoms with Crippen LogP contribution in [0.5, 0.6) is 0 Å². The highest BCUT2D eigenvalue weighted by atomic mass is 16.5. The first-order valence-electron chi connectivity index (χ1n) is 25.1. The number of rotatable bonds is 16. The zero-order valence-electron chi connectivity index (χ0n) is 41.0. The molecule has 2 saturated heterocycles. The van der Waals surface area contributed by atoms with E-state index in [0.29, 0.717) is 6.61 Å². The van der Waals surface area contributed by atoms with Crippen molar-refractivity contribution in [2.45, 2.75) is 96.8 Å². The van der Waals surface area contributed by atoms with Crippen molar-refractivity contribution in [1.82, 2.24) is 0 Å². The fourth-order valence-corrected chi connectivity index (χ4v) is 12.3. The summed E-state index contributed by atoms with van der Waals surface area (Å²) in [5, 5.41) is 0. The summed E-state index contributed by atoms with van der Waals surface area (Å²) < 4.78 is 23.8. The third kappa shape index (κ3) is 7.15. The highest BCUT2D eigenvalue weighted by Crippen LogP contribution is 2.56. The number of benzene rings is 6. The van der Waals surface area contributed by atoms with Gasteiger partial charge in [0.25, 0.3) is 0 Å². The van der Waals surface area contributed by atoms with Crippen LogP contribution in [0.3, 0.4) is 0 Å². The minimum Gasteiger partial charge on any atom is -0.381 e. The van der Waals surface area contributed by atoms with Crippen LogP contribution in [0, 0.1) is 17.8 Å². The van der Waals surface area contributed by atoms with Gasteiger partial charge in [0.2, 0.25) is 0 Å². The Labute approximate surface area is 399 Å². The first-order valence-corrected chi connectivity index (χ1v) is 25.1. The minimum absolute atomic E-state index is 0.0691. The van der Waals surface area contributed by atoms with Gasteiger partial charge in [-0.15, -0.1) is 6.58 Å². The van der Waals surface area contributed by atoms with E-state index in [4.69, 9.17) is 18.9 Å². The molecule has 5 aliphatic rings. The summed E-state index contributed by atoms with van der Waals surface area (Å²) in [6, 6.07) is 42.8. The molecule has 1 atom stereocenters. The largest absolute Gasteiger partial charge is 0.381 e. The summed E-state index contributed by atoms with van der Waals surface area (Å²) in [5.74, 6) is 0. The Morgan fingerprint density at radius 1 is 0.507 bits per heavy atom. The summed E-state index contributed by atoms with van der Waals surface area (Å²) in [4.78, 5) is 0. The van der Waals surface area contributed by atoms with Gasteiger partial charge in [-0.1, -0.05) is 138 Å². The quantitative estimate of drug-likeness (QED) is 0.0717. The van der Waals surface area contributed by atoms with E-state index in [1.165, 1.54) is 100 Å². The summed E-state index contributed by atoms with van der Waals surface area (Å²) in [5.41, 5.74) is 23.8. The maximum absolute atomic E-state index is 6.46. The van der Waals surface area contributed by atoms with E-state index >= 15 is 0 Å². The van der Waals surface area contributed by atoms with Crippen molar-refractivity contribution in [3.05, 3.63) is 166 Å². The number of hydrogen-bond acceptors (Lipinski definition) is 4. The second kappa shape index (κ2) is 16.6. The number of hydrogen-bond donors (Lipinski definition) is 0. The lowest BCUT2D eigenvalue weighted by Crippen LogP contribution is -2.45. The van der Waals surface area contributed by atoms with E-state index in [1.54, 1.807) is 0 Å². The van der Waals surface area contributed by atoms with Crippen LogP contribution in [0.1, 0.15) is 112 Å². The SMILES string of the molecule is C=CC1(CCCOCC2(CC)COC2)c2cc(-c3ccc4c(c3)C(C)(C)c3cc(C)ccc3-4)ccc2-c2ccc(-c3ccc4c(c3)C(C)(C)c3cc(CCOCC5(CC)COC5)ccc3-4)cc21. The summed E-state index contributed by atoms with van der Waals surface area (Å²) in [6.07, 6.45) is 7.19. The lowest BCUT2D eigenvalue weighted by molar-refractivity contribution is -0.150. The van der Waals surface area contributed by atoms with Crippen molar-refractivity contribution in [2.75, 3.05) is 52.9 Å². The van der Waals surface area contributed by atoms with Gasteiger partial charge in [0, 0.05) is 33.7 Å². The topological polar surface area (TPSA) is 36.9 Å². The molecule has 2 heterocycles. The molecule has 0 saturated carbocycles. The normalized spacial score (nSPS) is 20.2. The Kier molecular flexibility index (Phi) is 11.0. The van der Waals surface area contributed by atoms with E-state index in [-0.39, 0.29) is 27.1 Å². The van der Waals surface area contributed by atoms with Crippen molar-refractivity contribution in [3.8, 4) is 55.6 Å². The maximum atomic E-state index is 6.46. The third-order valence-corrected chi connectivity index (χ3v) is 17.2. The van der Waals surface area contributed by atoms with Crippen LogP contribution in [-0.4, -0.2) is 52.9 Å². The molecule has 4 nitrogen and oxygen atoms in total. The van der Waals surface area contributed by atoms with Gasteiger partial charge in [0.05, 0.1) is 46.2 Å². The van der Waals surface area contributed by atoms with Crippen LogP contribution >= 0.6 is 0 Å². The maximum Gasteiger partial charge on any atom is 0.0566 e. The molecule has 0 amide bonds. The number of allylic oxidation sites excluding steroid dienone is 1. The molecular formula is C63H68O4. The Morgan fingerprint density at radius 3 is 1.36 bits per heavy atom. The average molecular weight is 889 g/mol. The van der Waals surface area contributed by atoms with Gasteiger partial charge in [0.1, 0.15) is 0 Å². The minimum atomic E-state index is -0.374. The summed E-state index contributed by atoms with van der Waals surface area (Å²) >= 11 is 0. The number of aryl methyl sites for hydroxylation is 1. The van der Waals surface area contributed by atoms with Crippen molar-refractivity contribution < 1.29 is 18.9 Å². The van der Waals surface area contributed by atoms with Gasteiger partial charge in [-0.05, 0) is 158 Å². The molecule has 0 radical (unpaired) electrons.